The highest BCUT2D eigenvalue weighted by molar-refractivity contribution is 7.09. The molecule has 3 heterocycles. The summed E-state index contributed by atoms with van der Waals surface area (Å²) in [7, 11) is 0. The minimum Gasteiger partial charge on any atom is -0.345 e. The maximum atomic E-state index is 5.35. The van der Waals surface area contributed by atoms with E-state index in [0.717, 1.165) is 35.1 Å². The van der Waals surface area contributed by atoms with E-state index in [1.54, 1.807) is 17.7 Å². The van der Waals surface area contributed by atoms with Gasteiger partial charge in [0.1, 0.15) is 0 Å². The van der Waals surface area contributed by atoms with Crippen LogP contribution in [0.2, 0.25) is 0 Å². The molecule has 1 N–H and O–H groups in total. The normalized spacial score (nSPS) is 11.3. The molecule has 6 nitrogen and oxygen atoms in total. The summed E-state index contributed by atoms with van der Waals surface area (Å²) in [4.78, 5) is 17.3. The summed E-state index contributed by atoms with van der Waals surface area (Å²) in [6.45, 7) is 2.02. The molecule has 0 saturated carbocycles. The lowest BCUT2D eigenvalue weighted by molar-refractivity contribution is 0.379. The summed E-state index contributed by atoms with van der Waals surface area (Å²) in [5.41, 5.74) is 5.75. The molecule has 0 spiro atoms. The third-order valence-corrected chi connectivity index (χ3v) is 4.55. The number of aryl methyl sites for hydroxylation is 3. The zero-order chi connectivity index (χ0) is 14.9. The maximum Gasteiger partial charge on any atom is 0.227 e. The van der Waals surface area contributed by atoms with Gasteiger partial charge in [-0.3, -0.25) is 0 Å². The molecular formula is C15H13N5OS. The highest BCUT2D eigenvalue weighted by Gasteiger charge is 2.11. The van der Waals surface area contributed by atoms with E-state index in [0.29, 0.717) is 11.7 Å². The fraction of sp³-hybridized carbons (Fsp3) is 0.200. The molecule has 110 valence electrons. The van der Waals surface area contributed by atoms with Gasteiger partial charge in [0.2, 0.25) is 11.7 Å². The minimum absolute atomic E-state index is 0.604. The third-order valence-electron chi connectivity index (χ3n) is 3.56. The zero-order valence-electron chi connectivity index (χ0n) is 11.9. The van der Waals surface area contributed by atoms with Gasteiger partial charge in [-0.1, -0.05) is 5.16 Å². The van der Waals surface area contributed by atoms with Crippen LogP contribution in [0.3, 0.4) is 0 Å². The first-order chi connectivity index (χ1) is 10.8. The molecule has 0 bridgehead atoms. The average Bonchev–Trinajstić information content (AvgIpc) is 3.25. The Bertz CT molecular complexity index is 923. The average molecular weight is 311 g/mol. The van der Waals surface area contributed by atoms with E-state index in [1.165, 1.54) is 4.88 Å². The van der Waals surface area contributed by atoms with Crippen LogP contribution < -0.4 is 0 Å². The molecule has 3 aromatic heterocycles. The van der Waals surface area contributed by atoms with Crippen LogP contribution in [0.4, 0.5) is 0 Å². The third kappa shape index (κ3) is 2.39. The summed E-state index contributed by atoms with van der Waals surface area (Å²) >= 11 is 1.66. The van der Waals surface area contributed by atoms with Crippen molar-refractivity contribution in [1.82, 2.24) is 25.1 Å². The monoisotopic (exact) mass is 311 g/mol. The zero-order valence-corrected chi connectivity index (χ0v) is 12.7. The van der Waals surface area contributed by atoms with Crippen LogP contribution in [0.1, 0.15) is 16.5 Å². The summed E-state index contributed by atoms with van der Waals surface area (Å²) in [6.07, 6.45) is 3.27. The number of benzene rings is 1. The fourth-order valence-corrected chi connectivity index (χ4v) is 3.12. The first-order valence-electron chi connectivity index (χ1n) is 6.94. The Morgan fingerprint density at radius 1 is 1.23 bits per heavy atom. The van der Waals surface area contributed by atoms with Gasteiger partial charge in [0.25, 0.3) is 0 Å². The van der Waals surface area contributed by atoms with Crippen molar-refractivity contribution in [3.63, 3.8) is 0 Å². The molecule has 0 atom stereocenters. The molecule has 4 aromatic rings. The van der Waals surface area contributed by atoms with Gasteiger partial charge in [0, 0.05) is 16.9 Å². The largest absolute Gasteiger partial charge is 0.345 e. The Labute approximate surface area is 130 Å². The van der Waals surface area contributed by atoms with Crippen molar-refractivity contribution in [2.45, 2.75) is 19.8 Å². The number of nitrogens with one attached hydrogen (secondary N) is 1. The summed E-state index contributed by atoms with van der Waals surface area (Å²) < 4.78 is 5.35. The summed E-state index contributed by atoms with van der Waals surface area (Å²) in [5.74, 6) is 1.25. The number of imidazole rings is 1. The highest BCUT2D eigenvalue weighted by atomic mass is 32.1. The molecule has 0 radical (unpaired) electrons. The van der Waals surface area contributed by atoms with Gasteiger partial charge in [0.05, 0.1) is 28.6 Å². The van der Waals surface area contributed by atoms with E-state index in [4.69, 9.17) is 4.52 Å². The first kappa shape index (κ1) is 13.1. The van der Waals surface area contributed by atoms with E-state index in [9.17, 15) is 0 Å². The van der Waals surface area contributed by atoms with E-state index in [1.807, 2.05) is 30.6 Å². The second-order valence-corrected chi connectivity index (χ2v) is 5.95. The topological polar surface area (TPSA) is 80.5 Å². The second kappa shape index (κ2) is 5.34. The van der Waals surface area contributed by atoms with Crippen LogP contribution in [0, 0.1) is 6.92 Å². The molecule has 0 unspecified atom stereocenters. The number of H-pyrrole nitrogens is 1. The number of fused-ring (bicyclic) bond motifs is 1. The van der Waals surface area contributed by atoms with Gasteiger partial charge in [0.15, 0.2) is 0 Å². The predicted octanol–water partition coefficient (Wildman–Crippen LogP) is 3.16. The Morgan fingerprint density at radius 2 is 2.18 bits per heavy atom. The number of hydrogen-bond donors (Lipinski definition) is 1. The fourth-order valence-electron chi connectivity index (χ4n) is 2.33. The molecule has 0 aliphatic rings. The van der Waals surface area contributed by atoms with E-state index < -0.39 is 0 Å². The van der Waals surface area contributed by atoms with Crippen molar-refractivity contribution >= 4 is 22.4 Å². The molecule has 0 aliphatic heterocycles. The van der Waals surface area contributed by atoms with Crippen LogP contribution >= 0.6 is 11.3 Å². The molecule has 0 saturated heterocycles. The molecule has 1 aromatic carbocycles. The van der Waals surface area contributed by atoms with Gasteiger partial charge in [-0.25, -0.2) is 9.97 Å². The summed E-state index contributed by atoms with van der Waals surface area (Å²) in [5, 5.41) is 4.07. The Hall–Kier alpha value is -2.54. The number of rotatable bonds is 4. The molecule has 0 aliphatic carbocycles. The first-order valence-corrected chi connectivity index (χ1v) is 7.82. The second-order valence-electron chi connectivity index (χ2n) is 5.01. The van der Waals surface area contributed by atoms with Crippen molar-refractivity contribution in [3.05, 3.63) is 46.5 Å². The summed E-state index contributed by atoms with van der Waals surface area (Å²) in [6, 6.07) is 5.87. The Morgan fingerprint density at radius 3 is 3.05 bits per heavy atom. The van der Waals surface area contributed by atoms with Crippen LogP contribution in [0.15, 0.2) is 34.6 Å². The van der Waals surface area contributed by atoms with Crippen molar-refractivity contribution in [1.29, 1.82) is 0 Å². The van der Waals surface area contributed by atoms with Crippen molar-refractivity contribution < 1.29 is 4.52 Å². The quantitative estimate of drug-likeness (QED) is 0.626. The lowest BCUT2D eigenvalue weighted by Crippen LogP contribution is -1.91. The van der Waals surface area contributed by atoms with E-state index in [2.05, 4.69) is 25.1 Å². The minimum atomic E-state index is 0.604. The SMILES string of the molecule is Cc1ncsc1CCc1nc(-c2ccc3nc[nH]c3c2)no1. The molecular weight excluding hydrogens is 298 g/mol. The van der Waals surface area contributed by atoms with Crippen LogP contribution in [0.5, 0.6) is 0 Å². The van der Waals surface area contributed by atoms with Crippen molar-refractivity contribution in [2.24, 2.45) is 0 Å². The predicted molar refractivity (Wildman–Crippen MR) is 83.6 cm³/mol. The van der Waals surface area contributed by atoms with Crippen molar-refractivity contribution in [3.8, 4) is 11.4 Å². The van der Waals surface area contributed by atoms with Gasteiger partial charge in [-0.05, 0) is 31.5 Å². The Kier molecular flexibility index (Phi) is 3.19. The number of nitrogens with zero attached hydrogens (tertiary/aromatic N) is 4. The number of hydrogen-bond acceptors (Lipinski definition) is 6. The molecule has 7 heteroatoms. The van der Waals surface area contributed by atoms with Crippen LogP contribution in [-0.2, 0) is 12.8 Å². The highest BCUT2D eigenvalue weighted by Crippen LogP contribution is 2.21. The van der Waals surface area contributed by atoms with Gasteiger partial charge in [-0.15, -0.1) is 11.3 Å². The van der Waals surface area contributed by atoms with Crippen molar-refractivity contribution in [2.75, 3.05) is 0 Å². The van der Waals surface area contributed by atoms with Gasteiger partial charge < -0.3 is 9.51 Å². The smallest absolute Gasteiger partial charge is 0.227 e. The van der Waals surface area contributed by atoms with E-state index in [-0.39, 0.29) is 0 Å². The van der Waals surface area contributed by atoms with Gasteiger partial charge >= 0.3 is 0 Å². The molecule has 0 amide bonds. The van der Waals surface area contributed by atoms with Crippen LogP contribution in [0.25, 0.3) is 22.4 Å². The number of aromatic amines is 1. The lowest BCUT2D eigenvalue weighted by Gasteiger charge is -1.95. The molecule has 22 heavy (non-hydrogen) atoms. The molecule has 0 fully saturated rings. The van der Waals surface area contributed by atoms with Crippen LogP contribution in [-0.4, -0.2) is 25.1 Å². The maximum absolute atomic E-state index is 5.35. The van der Waals surface area contributed by atoms with Gasteiger partial charge in [-0.2, -0.15) is 4.98 Å². The number of thiazole rings is 1. The number of aromatic nitrogens is 5. The Balaban J connectivity index is 1.54. The standard InChI is InChI=1S/C15H13N5OS/c1-9-13(22-8-18-9)4-5-14-19-15(20-21-14)10-2-3-11-12(6-10)17-7-16-11/h2-3,6-8H,4-5H2,1H3,(H,16,17). The molecule has 4 rings (SSSR count). The lowest BCUT2D eigenvalue weighted by atomic mass is 10.2. The van der Waals surface area contributed by atoms with E-state index >= 15 is 0 Å².